The predicted molar refractivity (Wildman–Crippen MR) is 82.7 cm³/mol. The van der Waals surface area contributed by atoms with E-state index >= 15 is 0 Å². The maximum atomic E-state index is 13.7. The topological polar surface area (TPSA) is 71.8 Å². The summed E-state index contributed by atoms with van der Waals surface area (Å²) in [5, 5.41) is 1.42. The van der Waals surface area contributed by atoms with Gasteiger partial charge in [-0.25, -0.2) is 9.37 Å². The fraction of sp³-hybridized carbons (Fsp3) is 0.0667. The zero-order valence-electron chi connectivity index (χ0n) is 11.0. The van der Waals surface area contributed by atoms with Crippen LogP contribution in [0.2, 0.25) is 0 Å². The largest absolute Gasteiger partial charge is 0.383 e. The standard InChI is InChI=1S/C15H12FN3OS/c16-11-5-6-12(10-4-2-1-3-9(10)11)21-8-14-18-13(17)7-15(20)19-14/h1-7H,8H2,(H3,17,18,19,20). The van der Waals surface area contributed by atoms with Crippen LogP contribution in [0, 0.1) is 5.82 Å². The highest BCUT2D eigenvalue weighted by molar-refractivity contribution is 7.98. The summed E-state index contributed by atoms with van der Waals surface area (Å²) in [5.41, 5.74) is 5.27. The van der Waals surface area contributed by atoms with Crippen molar-refractivity contribution in [1.82, 2.24) is 9.97 Å². The quantitative estimate of drug-likeness (QED) is 0.730. The molecule has 0 saturated carbocycles. The lowest BCUT2D eigenvalue weighted by atomic mass is 10.1. The van der Waals surface area contributed by atoms with Crippen molar-refractivity contribution < 1.29 is 4.39 Å². The molecule has 0 bridgehead atoms. The highest BCUT2D eigenvalue weighted by Gasteiger charge is 2.07. The van der Waals surface area contributed by atoms with Crippen LogP contribution in [0.4, 0.5) is 10.2 Å². The van der Waals surface area contributed by atoms with Crippen molar-refractivity contribution in [2.45, 2.75) is 10.6 Å². The zero-order chi connectivity index (χ0) is 14.8. The number of hydrogen-bond acceptors (Lipinski definition) is 4. The van der Waals surface area contributed by atoms with Gasteiger partial charge in [-0.3, -0.25) is 4.79 Å². The lowest BCUT2D eigenvalue weighted by Gasteiger charge is -2.07. The molecule has 3 N–H and O–H groups in total. The van der Waals surface area contributed by atoms with Gasteiger partial charge in [0.05, 0.1) is 5.75 Å². The number of halogens is 1. The minimum atomic E-state index is -0.276. The van der Waals surface area contributed by atoms with Gasteiger partial charge in [0.15, 0.2) is 0 Å². The number of benzene rings is 2. The summed E-state index contributed by atoms with van der Waals surface area (Å²) < 4.78 is 13.7. The molecule has 3 rings (SSSR count). The third-order valence-corrected chi connectivity index (χ3v) is 4.09. The van der Waals surface area contributed by atoms with E-state index in [0.717, 1.165) is 10.3 Å². The van der Waals surface area contributed by atoms with Crippen LogP contribution < -0.4 is 11.3 Å². The van der Waals surface area contributed by atoms with E-state index in [2.05, 4.69) is 9.97 Å². The van der Waals surface area contributed by atoms with Crippen molar-refractivity contribution in [1.29, 1.82) is 0 Å². The Balaban J connectivity index is 1.92. The lowest BCUT2D eigenvalue weighted by Crippen LogP contribution is -2.11. The number of H-pyrrole nitrogens is 1. The van der Waals surface area contributed by atoms with Crippen LogP contribution >= 0.6 is 11.8 Å². The molecule has 0 amide bonds. The number of nitrogens with one attached hydrogen (secondary N) is 1. The van der Waals surface area contributed by atoms with E-state index in [9.17, 15) is 9.18 Å². The van der Waals surface area contributed by atoms with Gasteiger partial charge in [0.1, 0.15) is 17.5 Å². The molecule has 0 fully saturated rings. The smallest absolute Gasteiger partial charge is 0.252 e. The average Bonchev–Trinajstić information content (AvgIpc) is 2.46. The van der Waals surface area contributed by atoms with Gasteiger partial charge in [0.25, 0.3) is 5.56 Å². The maximum absolute atomic E-state index is 13.7. The first-order valence-electron chi connectivity index (χ1n) is 6.29. The van der Waals surface area contributed by atoms with Gasteiger partial charge in [-0.1, -0.05) is 24.3 Å². The molecule has 0 aliphatic rings. The number of hydrogen-bond donors (Lipinski definition) is 2. The average molecular weight is 301 g/mol. The Morgan fingerprint density at radius 3 is 2.71 bits per heavy atom. The number of rotatable bonds is 3. The second-order valence-corrected chi connectivity index (χ2v) is 5.51. The van der Waals surface area contributed by atoms with Gasteiger partial charge in [0.2, 0.25) is 0 Å². The van der Waals surface area contributed by atoms with Crippen molar-refractivity contribution in [2.75, 3.05) is 5.73 Å². The van der Waals surface area contributed by atoms with Gasteiger partial charge in [-0.05, 0) is 17.5 Å². The first kappa shape index (κ1) is 13.6. The Kier molecular flexibility index (Phi) is 3.62. The van der Waals surface area contributed by atoms with Crippen LogP contribution in [0.5, 0.6) is 0 Å². The summed E-state index contributed by atoms with van der Waals surface area (Å²) in [6.45, 7) is 0. The number of nitrogens with zero attached hydrogens (tertiary/aromatic N) is 1. The summed E-state index contributed by atoms with van der Waals surface area (Å²) >= 11 is 1.47. The number of aromatic nitrogens is 2. The van der Waals surface area contributed by atoms with Crippen LogP contribution in [0.3, 0.4) is 0 Å². The van der Waals surface area contributed by atoms with E-state index in [1.807, 2.05) is 12.1 Å². The number of nitrogens with two attached hydrogens (primary N) is 1. The van der Waals surface area contributed by atoms with Crippen LogP contribution in [0.15, 0.2) is 52.2 Å². The summed E-state index contributed by atoms with van der Waals surface area (Å²) in [6, 6.07) is 11.7. The molecule has 3 aromatic rings. The fourth-order valence-corrected chi connectivity index (χ4v) is 3.03. The number of nitrogen functional groups attached to an aromatic ring is 1. The molecule has 0 aliphatic carbocycles. The SMILES string of the molecule is Nc1cc(=O)[nH]c(CSc2ccc(F)c3ccccc23)n1. The molecule has 0 aliphatic heterocycles. The molecule has 21 heavy (non-hydrogen) atoms. The van der Waals surface area contributed by atoms with E-state index in [1.165, 1.54) is 23.9 Å². The van der Waals surface area contributed by atoms with E-state index in [-0.39, 0.29) is 17.2 Å². The fourth-order valence-electron chi connectivity index (χ4n) is 2.10. The first-order chi connectivity index (χ1) is 10.1. The molecule has 6 heteroatoms. The molecule has 0 unspecified atom stereocenters. The molecule has 106 valence electrons. The number of fused-ring (bicyclic) bond motifs is 1. The van der Waals surface area contributed by atoms with E-state index < -0.39 is 0 Å². The van der Waals surface area contributed by atoms with Crippen molar-refractivity contribution in [3.05, 3.63) is 64.5 Å². The van der Waals surface area contributed by atoms with Crippen molar-refractivity contribution in [3.8, 4) is 0 Å². The van der Waals surface area contributed by atoms with E-state index in [1.54, 1.807) is 18.2 Å². The molecular weight excluding hydrogens is 289 g/mol. The van der Waals surface area contributed by atoms with E-state index in [4.69, 9.17) is 5.73 Å². The van der Waals surface area contributed by atoms with Crippen LogP contribution in [0.1, 0.15) is 5.82 Å². The van der Waals surface area contributed by atoms with Gasteiger partial charge >= 0.3 is 0 Å². The Morgan fingerprint density at radius 2 is 1.95 bits per heavy atom. The second kappa shape index (κ2) is 5.57. The van der Waals surface area contributed by atoms with Gasteiger partial charge < -0.3 is 10.7 Å². The second-order valence-electron chi connectivity index (χ2n) is 4.50. The predicted octanol–water partition coefficient (Wildman–Crippen LogP) is 2.94. The Bertz CT molecular complexity index is 863. The van der Waals surface area contributed by atoms with Crippen LogP contribution in [-0.2, 0) is 5.75 Å². The van der Waals surface area contributed by atoms with E-state index in [0.29, 0.717) is 17.0 Å². The molecule has 1 aromatic heterocycles. The van der Waals surface area contributed by atoms with Crippen molar-refractivity contribution >= 4 is 28.4 Å². The minimum Gasteiger partial charge on any atom is -0.383 e. The Hall–Kier alpha value is -2.34. The summed E-state index contributed by atoms with van der Waals surface area (Å²) in [7, 11) is 0. The third kappa shape index (κ3) is 2.90. The molecule has 0 atom stereocenters. The summed E-state index contributed by atoms with van der Waals surface area (Å²) in [5.74, 6) is 0.901. The lowest BCUT2D eigenvalue weighted by molar-refractivity contribution is 0.639. The number of thioether (sulfide) groups is 1. The van der Waals surface area contributed by atoms with Gasteiger partial charge in [-0.15, -0.1) is 11.8 Å². The summed E-state index contributed by atoms with van der Waals surface area (Å²) in [4.78, 5) is 19.0. The van der Waals surface area contributed by atoms with Gasteiger partial charge in [0, 0.05) is 16.3 Å². The molecule has 1 heterocycles. The zero-order valence-corrected chi connectivity index (χ0v) is 11.8. The monoisotopic (exact) mass is 301 g/mol. The Labute approximate surface area is 124 Å². The first-order valence-corrected chi connectivity index (χ1v) is 7.28. The summed E-state index contributed by atoms with van der Waals surface area (Å²) in [6.07, 6.45) is 0. The molecule has 2 aromatic carbocycles. The molecule has 0 radical (unpaired) electrons. The third-order valence-electron chi connectivity index (χ3n) is 3.01. The molecule has 0 spiro atoms. The van der Waals surface area contributed by atoms with Crippen LogP contribution in [0.25, 0.3) is 10.8 Å². The molecule has 0 saturated heterocycles. The highest BCUT2D eigenvalue weighted by Crippen LogP contribution is 2.30. The van der Waals surface area contributed by atoms with Gasteiger partial charge in [-0.2, -0.15) is 0 Å². The highest BCUT2D eigenvalue weighted by atomic mass is 32.2. The van der Waals surface area contributed by atoms with Crippen LogP contribution in [-0.4, -0.2) is 9.97 Å². The molecule has 4 nitrogen and oxygen atoms in total. The minimum absolute atomic E-state index is 0.193. The maximum Gasteiger partial charge on any atom is 0.252 e. The molecular formula is C15H12FN3OS. The normalized spacial score (nSPS) is 10.9. The number of aromatic amines is 1. The Morgan fingerprint density at radius 1 is 1.19 bits per heavy atom. The number of anilines is 1. The van der Waals surface area contributed by atoms with Crippen molar-refractivity contribution in [3.63, 3.8) is 0 Å². The van der Waals surface area contributed by atoms with Crippen molar-refractivity contribution in [2.24, 2.45) is 0 Å².